The lowest BCUT2D eigenvalue weighted by Crippen LogP contribution is -2.04. The standard InChI is InChI=1S/C17H17F3/c1-10-9-11(2)13(4)16(12(10)3)14-5-7-15(8-6-14)17(18,19)20/h5-9H,1-4H3. The van der Waals surface area contributed by atoms with Crippen LogP contribution in [-0.2, 0) is 6.18 Å². The van der Waals surface area contributed by atoms with Gasteiger partial charge in [0, 0.05) is 0 Å². The maximum absolute atomic E-state index is 12.6. The van der Waals surface area contributed by atoms with Crippen LogP contribution in [0.1, 0.15) is 27.8 Å². The SMILES string of the molecule is Cc1cc(C)c(C)c(-c2ccc(C(F)(F)F)cc2)c1C. The number of alkyl halides is 3. The average molecular weight is 278 g/mol. The second-order valence-corrected chi connectivity index (χ2v) is 5.21. The van der Waals surface area contributed by atoms with Gasteiger partial charge in [0.05, 0.1) is 5.56 Å². The highest BCUT2D eigenvalue weighted by Crippen LogP contribution is 2.34. The molecule has 0 radical (unpaired) electrons. The minimum Gasteiger partial charge on any atom is -0.166 e. The quantitative estimate of drug-likeness (QED) is 0.636. The molecule has 0 aliphatic rings. The van der Waals surface area contributed by atoms with Crippen LogP contribution >= 0.6 is 0 Å². The Balaban J connectivity index is 2.58. The molecule has 0 nitrogen and oxygen atoms in total. The van der Waals surface area contributed by atoms with Gasteiger partial charge in [-0.25, -0.2) is 0 Å². The Bertz CT molecular complexity index is 609. The molecule has 0 N–H and O–H groups in total. The Hall–Kier alpha value is -1.77. The van der Waals surface area contributed by atoms with E-state index >= 15 is 0 Å². The zero-order valence-electron chi connectivity index (χ0n) is 12.0. The Morgan fingerprint density at radius 1 is 0.750 bits per heavy atom. The van der Waals surface area contributed by atoms with Gasteiger partial charge in [-0.1, -0.05) is 18.2 Å². The van der Waals surface area contributed by atoms with E-state index in [1.54, 1.807) is 12.1 Å². The minimum absolute atomic E-state index is 0.610. The molecule has 0 saturated carbocycles. The number of halogens is 3. The van der Waals surface area contributed by atoms with Gasteiger partial charge in [0.15, 0.2) is 0 Å². The lowest BCUT2D eigenvalue weighted by Gasteiger charge is -2.16. The monoisotopic (exact) mass is 278 g/mol. The molecule has 0 fully saturated rings. The molecule has 3 heteroatoms. The predicted octanol–water partition coefficient (Wildman–Crippen LogP) is 5.61. The van der Waals surface area contributed by atoms with Crippen LogP contribution in [0.5, 0.6) is 0 Å². The van der Waals surface area contributed by atoms with Gasteiger partial charge in [-0.05, 0) is 73.2 Å². The van der Waals surface area contributed by atoms with Gasteiger partial charge >= 0.3 is 6.18 Å². The normalized spacial score (nSPS) is 11.8. The fraction of sp³-hybridized carbons (Fsp3) is 0.294. The molecule has 0 aliphatic carbocycles. The second-order valence-electron chi connectivity index (χ2n) is 5.21. The van der Waals surface area contributed by atoms with E-state index < -0.39 is 11.7 Å². The molecule has 0 amide bonds. The first-order chi connectivity index (χ1) is 9.21. The number of benzene rings is 2. The van der Waals surface area contributed by atoms with E-state index in [2.05, 4.69) is 6.07 Å². The van der Waals surface area contributed by atoms with Gasteiger partial charge in [0.2, 0.25) is 0 Å². The van der Waals surface area contributed by atoms with Gasteiger partial charge in [0.25, 0.3) is 0 Å². The highest BCUT2D eigenvalue weighted by atomic mass is 19.4. The third-order valence-electron chi connectivity index (χ3n) is 3.87. The van der Waals surface area contributed by atoms with Crippen LogP contribution in [0.3, 0.4) is 0 Å². The molecule has 106 valence electrons. The third-order valence-corrected chi connectivity index (χ3v) is 3.87. The summed E-state index contributed by atoms with van der Waals surface area (Å²) in [7, 11) is 0. The van der Waals surface area contributed by atoms with E-state index in [1.807, 2.05) is 27.7 Å². The summed E-state index contributed by atoms with van der Waals surface area (Å²) in [6, 6.07) is 7.50. The van der Waals surface area contributed by atoms with Gasteiger partial charge in [-0.2, -0.15) is 13.2 Å². The first-order valence-electron chi connectivity index (χ1n) is 6.47. The van der Waals surface area contributed by atoms with Crippen molar-refractivity contribution in [3.8, 4) is 11.1 Å². The van der Waals surface area contributed by atoms with E-state index in [1.165, 1.54) is 0 Å². The van der Waals surface area contributed by atoms with E-state index in [4.69, 9.17) is 0 Å². The van der Waals surface area contributed by atoms with E-state index in [-0.39, 0.29) is 0 Å². The molecular formula is C17H17F3. The molecular weight excluding hydrogens is 261 g/mol. The largest absolute Gasteiger partial charge is 0.416 e. The Labute approximate surface area is 117 Å². The first-order valence-corrected chi connectivity index (χ1v) is 6.47. The lowest BCUT2D eigenvalue weighted by molar-refractivity contribution is -0.137. The molecule has 0 bridgehead atoms. The summed E-state index contributed by atoms with van der Waals surface area (Å²) in [5.41, 5.74) is 5.81. The van der Waals surface area contributed by atoms with Crippen molar-refractivity contribution in [3.63, 3.8) is 0 Å². The molecule has 0 aliphatic heterocycles. The summed E-state index contributed by atoms with van der Waals surface area (Å²) in [6.07, 6.45) is -4.29. The van der Waals surface area contributed by atoms with Crippen LogP contribution in [0.25, 0.3) is 11.1 Å². The minimum atomic E-state index is -4.29. The smallest absolute Gasteiger partial charge is 0.166 e. The molecule has 2 aromatic rings. The van der Waals surface area contributed by atoms with Crippen molar-refractivity contribution in [2.24, 2.45) is 0 Å². The van der Waals surface area contributed by atoms with Crippen molar-refractivity contribution in [1.82, 2.24) is 0 Å². The average Bonchev–Trinajstić information content (AvgIpc) is 2.36. The number of hydrogen-bond donors (Lipinski definition) is 0. The summed E-state index contributed by atoms with van der Waals surface area (Å²) < 4.78 is 37.8. The zero-order chi connectivity index (χ0) is 15.1. The van der Waals surface area contributed by atoms with E-state index in [0.717, 1.165) is 45.5 Å². The molecule has 2 rings (SSSR count). The van der Waals surface area contributed by atoms with Crippen molar-refractivity contribution in [2.45, 2.75) is 33.9 Å². The van der Waals surface area contributed by atoms with E-state index in [0.29, 0.717) is 0 Å². The third kappa shape index (κ3) is 2.58. The lowest BCUT2D eigenvalue weighted by atomic mass is 9.89. The Morgan fingerprint density at radius 3 is 1.60 bits per heavy atom. The highest BCUT2D eigenvalue weighted by Gasteiger charge is 2.30. The number of aryl methyl sites for hydroxylation is 2. The molecule has 20 heavy (non-hydrogen) atoms. The van der Waals surface area contributed by atoms with Crippen molar-refractivity contribution in [1.29, 1.82) is 0 Å². The molecule has 0 unspecified atom stereocenters. The molecule has 0 heterocycles. The van der Waals surface area contributed by atoms with Crippen molar-refractivity contribution in [2.75, 3.05) is 0 Å². The molecule has 0 aromatic heterocycles. The van der Waals surface area contributed by atoms with Gasteiger partial charge in [0.1, 0.15) is 0 Å². The number of rotatable bonds is 1. The fourth-order valence-corrected chi connectivity index (χ4v) is 2.48. The summed E-state index contributed by atoms with van der Waals surface area (Å²) in [4.78, 5) is 0. The Kier molecular flexibility index (Phi) is 3.63. The Morgan fingerprint density at radius 2 is 1.20 bits per heavy atom. The zero-order valence-corrected chi connectivity index (χ0v) is 12.0. The molecule has 0 saturated heterocycles. The van der Waals surface area contributed by atoms with Crippen molar-refractivity contribution >= 4 is 0 Å². The molecule has 0 spiro atoms. The summed E-state index contributed by atoms with van der Waals surface area (Å²) >= 11 is 0. The molecule has 2 aromatic carbocycles. The van der Waals surface area contributed by atoms with Crippen LogP contribution in [-0.4, -0.2) is 0 Å². The second kappa shape index (κ2) is 4.97. The topological polar surface area (TPSA) is 0 Å². The molecule has 0 atom stereocenters. The fourth-order valence-electron chi connectivity index (χ4n) is 2.48. The van der Waals surface area contributed by atoms with Gasteiger partial charge in [-0.3, -0.25) is 0 Å². The van der Waals surface area contributed by atoms with Crippen LogP contribution in [0.2, 0.25) is 0 Å². The van der Waals surface area contributed by atoms with E-state index in [9.17, 15) is 13.2 Å². The van der Waals surface area contributed by atoms with Crippen molar-refractivity contribution in [3.05, 3.63) is 58.1 Å². The van der Waals surface area contributed by atoms with Crippen LogP contribution in [0, 0.1) is 27.7 Å². The first kappa shape index (κ1) is 14.6. The van der Waals surface area contributed by atoms with Gasteiger partial charge in [-0.15, -0.1) is 0 Å². The highest BCUT2D eigenvalue weighted by molar-refractivity contribution is 5.73. The summed E-state index contributed by atoms with van der Waals surface area (Å²) in [5, 5.41) is 0. The van der Waals surface area contributed by atoms with Crippen molar-refractivity contribution < 1.29 is 13.2 Å². The maximum atomic E-state index is 12.6. The summed E-state index contributed by atoms with van der Waals surface area (Å²) in [5.74, 6) is 0. The van der Waals surface area contributed by atoms with Crippen LogP contribution in [0.4, 0.5) is 13.2 Å². The summed E-state index contributed by atoms with van der Waals surface area (Å²) in [6.45, 7) is 8.06. The van der Waals surface area contributed by atoms with Gasteiger partial charge < -0.3 is 0 Å². The number of hydrogen-bond acceptors (Lipinski definition) is 0. The predicted molar refractivity (Wildman–Crippen MR) is 75.8 cm³/mol. The maximum Gasteiger partial charge on any atom is 0.416 e. The van der Waals surface area contributed by atoms with Crippen LogP contribution < -0.4 is 0 Å². The van der Waals surface area contributed by atoms with Crippen LogP contribution in [0.15, 0.2) is 30.3 Å².